The molecule has 3 aromatic rings. The predicted molar refractivity (Wildman–Crippen MR) is 116 cm³/mol. The van der Waals surface area contributed by atoms with Gasteiger partial charge in [0.1, 0.15) is 5.75 Å². The van der Waals surface area contributed by atoms with Crippen LogP contribution in [0.3, 0.4) is 0 Å². The number of nitrogens with one attached hydrogen (secondary N) is 1. The first-order valence-electron chi connectivity index (χ1n) is 9.53. The Morgan fingerprint density at radius 1 is 1.14 bits per heavy atom. The third-order valence-electron chi connectivity index (χ3n) is 4.56. The highest BCUT2D eigenvalue weighted by Gasteiger charge is 2.10. The molecular weight excluding hydrogens is 368 g/mol. The van der Waals surface area contributed by atoms with E-state index in [0.29, 0.717) is 42.8 Å². The van der Waals surface area contributed by atoms with Crippen LogP contribution in [0.4, 0.5) is 5.95 Å². The zero-order valence-electron chi connectivity index (χ0n) is 17.0. The first-order valence-corrected chi connectivity index (χ1v) is 9.53. The molecule has 0 aliphatic heterocycles. The van der Waals surface area contributed by atoms with E-state index in [1.807, 2.05) is 49.4 Å². The van der Waals surface area contributed by atoms with E-state index in [1.54, 1.807) is 24.9 Å². The highest BCUT2D eigenvalue weighted by Crippen LogP contribution is 2.14. The quantitative estimate of drug-likeness (QED) is 0.342. The number of anilines is 1. The van der Waals surface area contributed by atoms with Gasteiger partial charge in [0.05, 0.1) is 18.0 Å². The van der Waals surface area contributed by atoms with E-state index in [0.717, 1.165) is 17.0 Å². The second-order valence-electron chi connectivity index (χ2n) is 6.74. The van der Waals surface area contributed by atoms with Gasteiger partial charge in [-0.2, -0.15) is 5.10 Å². The van der Waals surface area contributed by atoms with Gasteiger partial charge in [0.15, 0.2) is 0 Å². The molecule has 0 amide bonds. The number of aromatic nitrogens is 2. The van der Waals surface area contributed by atoms with Crippen molar-refractivity contribution in [2.45, 2.75) is 26.3 Å². The van der Waals surface area contributed by atoms with Crippen molar-refractivity contribution >= 4 is 22.6 Å². The van der Waals surface area contributed by atoms with E-state index in [-0.39, 0.29) is 5.56 Å². The summed E-state index contributed by atoms with van der Waals surface area (Å²) in [6.45, 7) is 3.00. The van der Waals surface area contributed by atoms with Gasteiger partial charge in [-0.05, 0) is 43.2 Å². The lowest BCUT2D eigenvalue weighted by Crippen LogP contribution is -2.25. The monoisotopic (exact) mass is 394 g/mol. The maximum absolute atomic E-state index is 12.9. The largest absolute Gasteiger partial charge is 0.497 e. The van der Waals surface area contributed by atoms with Crippen LogP contribution >= 0.6 is 0 Å². The molecular formula is C22H26N4O3. The Hall–Kier alpha value is -3.19. The van der Waals surface area contributed by atoms with Crippen LogP contribution in [0.15, 0.2) is 58.4 Å². The van der Waals surface area contributed by atoms with E-state index < -0.39 is 0 Å². The summed E-state index contributed by atoms with van der Waals surface area (Å²) in [5.74, 6) is 1.25. The minimum Gasteiger partial charge on any atom is -0.497 e. The highest BCUT2D eigenvalue weighted by atomic mass is 16.5. The Bertz CT molecular complexity index is 1040. The second kappa shape index (κ2) is 9.84. The van der Waals surface area contributed by atoms with Crippen LogP contribution < -0.4 is 15.7 Å². The van der Waals surface area contributed by atoms with Gasteiger partial charge in [0.25, 0.3) is 5.56 Å². The normalized spacial score (nSPS) is 11.6. The van der Waals surface area contributed by atoms with Crippen molar-refractivity contribution in [3.8, 4) is 5.75 Å². The van der Waals surface area contributed by atoms with Gasteiger partial charge in [0.2, 0.25) is 5.95 Å². The van der Waals surface area contributed by atoms with Crippen molar-refractivity contribution in [1.82, 2.24) is 9.55 Å². The van der Waals surface area contributed by atoms with Crippen molar-refractivity contribution < 1.29 is 9.47 Å². The van der Waals surface area contributed by atoms with Gasteiger partial charge < -0.3 is 9.47 Å². The third-order valence-corrected chi connectivity index (χ3v) is 4.56. The molecule has 0 saturated heterocycles. The van der Waals surface area contributed by atoms with E-state index in [2.05, 4.69) is 15.5 Å². The van der Waals surface area contributed by atoms with Crippen LogP contribution in [-0.4, -0.2) is 36.1 Å². The van der Waals surface area contributed by atoms with Crippen molar-refractivity contribution in [3.63, 3.8) is 0 Å². The number of fused-ring (bicyclic) bond motifs is 1. The average Bonchev–Trinajstić information content (AvgIpc) is 2.74. The number of para-hydroxylation sites is 1. The maximum atomic E-state index is 12.9. The summed E-state index contributed by atoms with van der Waals surface area (Å²) in [6, 6.07) is 15.2. The number of hydrogen-bond donors (Lipinski definition) is 1. The number of benzene rings is 2. The summed E-state index contributed by atoms with van der Waals surface area (Å²) in [4.78, 5) is 17.5. The molecule has 0 fully saturated rings. The number of ether oxygens (including phenoxy) is 2. The Balaban J connectivity index is 1.83. The van der Waals surface area contributed by atoms with Crippen LogP contribution in [0.2, 0.25) is 0 Å². The van der Waals surface area contributed by atoms with Gasteiger partial charge in [-0.1, -0.05) is 24.3 Å². The number of methoxy groups -OCH3 is 2. The summed E-state index contributed by atoms with van der Waals surface area (Å²) < 4.78 is 11.9. The van der Waals surface area contributed by atoms with Crippen molar-refractivity contribution in [1.29, 1.82) is 0 Å². The van der Waals surface area contributed by atoms with Crippen molar-refractivity contribution in [3.05, 3.63) is 64.4 Å². The molecule has 0 aliphatic carbocycles. The predicted octanol–water partition coefficient (Wildman–Crippen LogP) is 3.47. The van der Waals surface area contributed by atoms with E-state index in [9.17, 15) is 4.79 Å². The number of rotatable bonds is 9. The fourth-order valence-electron chi connectivity index (χ4n) is 3.05. The zero-order chi connectivity index (χ0) is 20.6. The smallest absolute Gasteiger partial charge is 0.262 e. The summed E-state index contributed by atoms with van der Waals surface area (Å²) in [7, 11) is 3.29. The topological polar surface area (TPSA) is 77.7 Å². The van der Waals surface area contributed by atoms with Crippen LogP contribution in [0.1, 0.15) is 18.9 Å². The van der Waals surface area contributed by atoms with Gasteiger partial charge in [-0.15, -0.1) is 0 Å². The van der Waals surface area contributed by atoms with Crippen LogP contribution in [0.25, 0.3) is 10.9 Å². The number of nitrogens with zero attached hydrogens (tertiary/aromatic N) is 3. The summed E-state index contributed by atoms with van der Waals surface area (Å²) in [5.41, 5.74) is 5.55. The lowest BCUT2D eigenvalue weighted by Gasteiger charge is -2.13. The van der Waals surface area contributed by atoms with E-state index >= 15 is 0 Å². The summed E-state index contributed by atoms with van der Waals surface area (Å²) in [5, 5.41) is 5.04. The second-order valence-corrected chi connectivity index (χ2v) is 6.74. The molecule has 2 aromatic carbocycles. The van der Waals surface area contributed by atoms with Crippen LogP contribution in [-0.2, 0) is 17.7 Å². The Morgan fingerprint density at radius 2 is 1.90 bits per heavy atom. The summed E-state index contributed by atoms with van der Waals surface area (Å²) in [6.07, 6.45) is 1.39. The molecule has 0 atom stereocenters. The molecule has 0 saturated carbocycles. The molecule has 0 spiro atoms. The molecule has 152 valence electrons. The lowest BCUT2D eigenvalue weighted by molar-refractivity contribution is 0.190. The van der Waals surface area contributed by atoms with Gasteiger partial charge in [-0.3, -0.25) is 9.36 Å². The number of hydrogen-bond acceptors (Lipinski definition) is 6. The molecule has 0 unspecified atom stereocenters. The maximum Gasteiger partial charge on any atom is 0.262 e. The molecule has 1 N–H and O–H groups in total. The molecule has 0 aliphatic rings. The molecule has 7 nitrogen and oxygen atoms in total. The fraction of sp³-hybridized carbons (Fsp3) is 0.318. The van der Waals surface area contributed by atoms with Gasteiger partial charge >= 0.3 is 0 Å². The Morgan fingerprint density at radius 3 is 2.62 bits per heavy atom. The van der Waals surface area contributed by atoms with Crippen molar-refractivity contribution in [2.75, 3.05) is 26.3 Å². The highest BCUT2D eigenvalue weighted by molar-refractivity contribution is 5.85. The molecule has 29 heavy (non-hydrogen) atoms. The van der Waals surface area contributed by atoms with Gasteiger partial charge in [-0.25, -0.2) is 10.4 Å². The molecule has 0 radical (unpaired) electrons. The molecule has 3 rings (SSSR count). The standard InChI is InChI=1S/C22H26N4O3/c1-16(15-17-9-11-18(29-3)12-10-17)24-25-22-23-20-8-5-4-7-19(20)21(27)26(22)13-6-14-28-2/h4-5,7-12H,6,13-15H2,1-3H3,(H,23,25)/b24-16-. The molecule has 0 bridgehead atoms. The fourth-order valence-corrected chi connectivity index (χ4v) is 3.05. The molecule has 1 aromatic heterocycles. The minimum absolute atomic E-state index is 0.0859. The van der Waals surface area contributed by atoms with Gasteiger partial charge in [0, 0.05) is 32.4 Å². The SMILES string of the molecule is COCCCn1c(N/N=C(/C)Cc2ccc(OC)cc2)nc2ccccc2c1=O. The lowest BCUT2D eigenvalue weighted by atomic mass is 10.1. The number of hydrazone groups is 1. The van der Waals surface area contributed by atoms with Crippen LogP contribution in [0.5, 0.6) is 5.75 Å². The van der Waals surface area contributed by atoms with E-state index in [4.69, 9.17) is 9.47 Å². The first kappa shape index (κ1) is 20.5. The third kappa shape index (κ3) is 5.20. The minimum atomic E-state index is -0.0859. The van der Waals surface area contributed by atoms with E-state index in [1.165, 1.54) is 0 Å². The van der Waals surface area contributed by atoms with Crippen LogP contribution in [0, 0.1) is 0 Å². The zero-order valence-corrected chi connectivity index (χ0v) is 17.0. The Labute approximate surface area is 170 Å². The first-order chi connectivity index (χ1) is 14.1. The average molecular weight is 394 g/mol. The molecule has 7 heteroatoms. The summed E-state index contributed by atoms with van der Waals surface area (Å²) >= 11 is 0. The van der Waals surface area contributed by atoms with Crippen molar-refractivity contribution in [2.24, 2.45) is 5.10 Å². The Kier molecular flexibility index (Phi) is 6.97. The molecule has 1 heterocycles.